The lowest BCUT2D eigenvalue weighted by Gasteiger charge is -2.00. The normalized spacial score (nSPS) is 11.7. The molecule has 0 radical (unpaired) electrons. The van der Waals surface area contributed by atoms with Gasteiger partial charge in [-0.3, -0.25) is 4.98 Å². The van der Waals surface area contributed by atoms with Crippen molar-refractivity contribution in [3.63, 3.8) is 0 Å². The summed E-state index contributed by atoms with van der Waals surface area (Å²) < 4.78 is 0. The first kappa shape index (κ1) is 11.9. The number of rotatable bonds is 4. The van der Waals surface area contributed by atoms with Gasteiger partial charge in [-0.1, -0.05) is 18.7 Å². The van der Waals surface area contributed by atoms with Gasteiger partial charge in [-0.25, -0.2) is 4.79 Å². The van der Waals surface area contributed by atoms with Crippen molar-refractivity contribution in [1.82, 2.24) is 4.98 Å². The fraction of sp³-hybridized carbons (Fsp3) is 0.0769. The summed E-state index contributed by atoms with van der Waals surface area (Å²) in [6, 6.07) is 3.73. The molecule has 0 saturated carbocycles. The molecule has 0 atom stereocenters. The predicted octanol–water partition coefficient (Wildman–Crippen LogP) is 2.68. The first-order valence-corrected chi connectivity index (χ1v) is 4.82. The molecular formula is C13H13NO2. The standard InChI is InChI=1S/C13H13NO2/c1-3-11(5-4-10(2)13(15)16)12-6-8-14-9-7-12/h3-9H,2H2,1H3,(H,15,16)/b5-4-,11-3+. The zero-order valence-corrected chi connectivity index (χ0v) is 9.05. The molecule has 0 aromatic carbocycles. The van der Waals surface area contributed by atoms with Crippen LogP contribution in [-0.4, -0.2) is 16.1 Å². The predicted molar refractivity (Wildman–Crippen MR) is 63.8 cm³/mol. The summed E-state index contributed by atoms with van der Waals surface area (Å²) in [5, 5.41) is 8.66. The molecule has 0 aliphatic rings. The number of carbonyl (C=O) groups is 1. The molecule has 0 fully saturated rings. The third-order valence-corrected chi connectivity index (χ3v) is 2.06. The molecule has 0 spiro atoms. The Morgan fingerprint density at radius 1 is 1.38 bits per heavy atom. The van der Waals surface area contributed by atoms with E-state index in [0.717, 1.165) is 11.1 Å². The molecule has 0 amide bonds. The van der Waals surface area contributed by atoms with Crippen molar-refractivity contribution in [3.8, 4) is 0 Å². The van der Waals surface area contributed by atoms with E-state index < -0.39 is 5.97 Å². The summed E-state index contributed by atoms with van der Waals surface area (Å²) in [5.41, 5.74) is 1.99. The average molecular weight is 215 g/mol. The van der Waals surface area contributed by atoms with Crippen LogP contribution in [0, 0.1) is 0 Å². The van der Waals surface area contributed by atoms with Crippen LogP contribution in [-0.2, 0) is 4.79 Å². The van der Waals surface area contributed by atoms with Gasteiger partial charge in [0.2, 0.25) is 0 Å². The van der Waals surface area contributed by atoms with Gasteiger partial charge >= 0.3 is 5.97 Å². The van der Waals surface area contributed by atoms with Gasteiger partial charge < -0.3 is 5.11 Å². The van der Waals surface area contributed by atoms with E-state index in [1.54, 1.807) is 18.5 Å². The topological polar surface area (TPSA) is 50.2 Å². The quantitative estimate of drug-likeness (QED) is 0.620. The summed E-state index contributed by atoms with van der Waals surface area (Å²) in [4.78, 5) is 14.5. The maximum Gasteiger partial charge on any atom is 0.335 e. The van der Waals surface area contributed by atoms with Gasteiger partial charge in [0, 0.05) is 12.4 Å². The molecule has 16 heavy (non-hydrogen) atoms. The van der Waals surface area contributed by atoms with E-state index in [1.807, 2.05) is 25.1 Å². The van der Waals surface area contributed by atoms with Crippen molar-refractivity contribution in [1.29, 1.82) is 0 Å². The third kappa shape index (κ3) is 3.20. The van der Waals surface area contributed by atoms with Crippen molar-refractivity contribution < 1.29 is 9.90 Å². The van der Waals surface area contributed by atoms with Crippen LogP contribution in [0.3, 0.4) is 0 Å². The van der Waals surface area contributed by atoms with E-state index in [9.17, 15) is 4.79 Å². The number of nitrogens with zero attached hydrogens (tertiary/aromatic N) is 1. The van der Waals surface area contributed by atoms with E-state index in [4.69, 9.17) is 5.11 Å². The zero-order valence-electron chi connectivity index (χ0n) is 9.05. The van der Waals surface area contributed by atoms with Gasteiger partial charge in [-0.05, 0) is 36.3 Å². The summed E-state index contributed by atoms with van der Waals surface area (Å²) in [7, 11) is 0. The van der Waals surface area contributed by atoms with Crippen molar-refractivity contribution in [2.75, 3.05) is 0 Å². The second-order valence-electron chi connectivity index (χ2n) is 3.14. The molecule has 0 unspecified atom stereocenters. The van der Waals surface area contributed by atoms with Gasteiger partial charge in [0.1, 0.15) is 0 Å². The fourth-order valence-electron chi connectivity index (χ4n) is 1.17. The van der Waals surface area contributed by atoms with Crippen LogP contribution >= 0.6 is 0 Å². The van der Waals surface area contributed by atoms with Crippen molar-refractivity contribution >= 4 is 11.5 Å². The van der Waals surface area contributed by atoms with Crippen LogP contribution in [0.25, 0.3) is 5.57 Å². The number of carboxylic acid groups (broad SMARTS) is 1. The van der Waals surface area contributed by atoms with Crippen LogP contribution in [0.2, 0.25) is 0 Å². The Balaban J connectivity index is 2.87. The average Bonchev–Trinajstić information content (AvgIpc) is 2.30. The smallest absolute Gasteiger partial charge is 0.335 e. The number of pyridine rings is 1. The van der Waals surface area contributed by atoms with Crippen LogP contribution < -0.4 is 0 Å². The number of hydrogen-bond donors (Lipinski definition) is 1. The van der Waals surface area contributed by atoms with E-state index in [-0.39, 0.29) is 5.57 Å². The van der Waals surface area contributed by atoms with Crippen LogP contribution in [0.4, 0.5) is 0 Å². The molecule has 1 N–H and O–H groups in total. The Morgan fingerprint density at radius 2 is 2.00 bits per heavy atom. The number of aromatic nitrogens is 1. The molecule has 3 nitrogen and oxygen atoms in total. The van der Waals surface area contributed by atoms with E-state index in [2.05, 4.69) is 11.6 Å². The molecule has 1 aromatic rings. The Morgan fingerprint density at radius 3 is 2.50 bits per heavy atom. The summed E-state index contributed by atoms with van der Waals surface area (Å²) in [6.07, 6.45) is 8.50. The second-order valence-corrected chi connectivity index (χ2v) is 3.14. The van der Waals surface area contributed by atoms with Crippen molar-refractivity contribution in [2.24, 2.45) is 0 Å². The van der Waals surface area contributed by atoms with Gasteiger partial charge in [0.15, 0.2) is 0 Å². The zero-order chi connectivity index (χ0) is 12.0. The lowest BCUT2D eigenvalue weighted by Crippen LogP contribution is -1.95. The van der Waals surface area contributed by atoms with Crippen LogP contribution in [0.15, 0.2) is 54.9 Å². The summed E-state index contributed by atoms with van der Waals surface area (Å²) >= 11 is 0. The molecular weight excluding hydrogens is 202 g/mol. The maximum absolute atomic E-state index is 10.6. The fourth-order valence-corrected chi connectivity index (χ4v) is 1.17. The van der Waals surface area contributed by atoms with Crippen molar-refractivity contribution in [2.45, 2.75) is 6.92 Å². The minimum Gasteiger partial charge on any atom is -0.478 e. The number of carboxylic acids is 1. The first-order valence-electron chi connectivity index (χ1n) is 4.82. The molecule has 0 bridgehead atoms. The van der Waals surface area contributed by atoms with Crippen molar-refractivity contribution in [3.05, 3.63) is 60.5 Å². The Bertz CT molecular complexity index is 444. The highest BCUT2D eigenvalue weighted by atomic mass is 16.4. The highest BCUT2D eigenvalue weighted by Gasteiger charge is 1.99. The SMILES string of the molecule is C=C(/C=C\C(=C/C)c1ccncc1)C(=O)O. The molecule has 0 saturated heterocycles. The lowest BCUT2D eigenvalue weighted by atomic mass is 10.1. The maximum atomic E-state index is 10.6. The van der Waals surface area contributed by atoms with Gasteiger partial charge in [-0.2, -0.15) is 0 Å². The number of allylic oxidation sites excluding steroid dienone is 3. The highest BCUT2D eigenvalue weighted by molar-refractivity contribution is 5.90. The van der Waals surface area contributed by atoms with Gasteiger partial charge in [0.05, 0.1) is 5.57 Å². The first-order chi connectivity index (χ1) is 7.65. The molecule has 1 rings (SSSR count). The minimum atomic E-state index is -1.01. The third-order valence-electron chi connectivity index (χ3n) is 2.06. The largest absolute Gasteiger partial charge is 0.478 e. The second kappa shape index (κ2) is 5.66. The summed E-state index contributed by atoms with van der Waals surface area (Å²) in [5.74, 6) is -1.01. The van der Waals surface area contributed by atoms with Crippen LogP contribution in [0.1, 0.15) is 12.5 Å². The van der Waals surface area contributed by atoms with E-state index in [0.29, 0.717) is 0 Å². The van der Waals surface area contributed by atoms with Gasteiger partial charge in [-0.15, -0.1) is 0 Å². The summed E-state index contributed by atoms with van der Waals surface area (Å²) in [6.45, 7) is 5.32. The molecule has 82 valence electrons. The molecule has 0 aliphatic carbocycles. The van der Waals surface area contributed by atoms with E-state index in [1.165, 1.54) is 6.08 Å². The Labute approximate surface area is 94.5 Å². The lowest BCUT2D eigenvalue weighted by molar-refractivity contribution is -0.132. The molecule has 3 heteroatoms. The van der Waals surface area contributed by atoms with Gasteiger partial charge in [0.25, 0.3) is 0 Å². The van der Waals surface area contributed by atoms with Crippen LogP contribution in [0.5, 0.6) is 0 Å². The molecule has 0 aliphatic heterocycles. The molecule has 1 aromatic heterocycles. The number of hydrogen-bond acceptors (Lipinski definition) is 2. The monoisotopic (exact) mass is 215 g/mol. The Hall–Kier alpha value is -2.16. The van der Waals surface area contributed by atoms with E-state index >= 15 is 0 Å². The molecule has 1 heterocycles. The highest BCUT2D eigenvalue weighted by Crippen LogP contribution is 2.15. The minimum absolute atomic E-state index is 0.0633. The number of aliphatic carboxylic acids is 1. The Kier molecular flexibility index (Phi) is 4.21.